The van der Waals surface area contributed by atoms with Crippen LogP contribution in [0.25, 0.3) is 0 Å². The lowest BCUT2D eigenvalue weighted by molar-refractivity contribution is -0.135. The molecule has 3 aromatic rings. The Balaban J connectivity index is 1.19. The van der Waals surface area contributed by atoms with Gasteiger partial charge in [-0.25, -0.2) is 18.6 Å². The van der Waals surface area contributed by atoms with Crippen LogP contribution < -0.4 is 9.64 Å². The highest BCUT2D eigenvalue weighted by atomic mass is 35.5. The smallest absolute Gasteiger partial charge is 0.410 e. The fourth-order valence-corrected chi connectivity index (χ4v) is 6.29. The van der Waals surface area contributed by atoms with Crippen molar-refractivity contribution in [3.05, 3.63) is 87.5 Å². The second kappa shape index (κ2) is 10.9. The summed E-state index contributed by atoms with van der Waals surface area (Å²) in [7, 11) is 0. The average molecular weight is 587 g/mol. The predicted octanol–water partition coefficient (Wildman–Crippen LogP) is 5.89. The Hall–Kier alpha value is -3.43. The summed E-state index contributed by atoms with van der Waals surface area (Å²) >= 11 is 12.1. The molecule has 2 aromatic carbocycles. The third-order valence-electron chi connectivity index (χ3n) is 8.06. The molecule has 208 valence electrons. The highest BCUT2D eigenvalue weighted by Gasteiger charge is 2.47. The summed E-state index contributed by atoms with van der Waals surface area (Å²) in [4.78, 5) is 36.8. The van der Waals surface area contributed by atoms with Crippen LogP contribution in [0.2, 0.25) is 10.0 Å². The minimum absolute atomic E-state index is 0.00722. The molecule has 6 rings (SSSR count). The van der Waals surface area contributed by atoms with Gasteiger partial charge in [0.2, 0.25) is 5.91 Å². The normalized spacial score (nSPS) is 20.8. The molecular weight excluding hydrogens is 561 g/mol. The van der Waals surface area contributed by atoms with Gasteiger partial charge in [0.25, 0.3) is 0 Å². The van der Waals surface area contributed by atoms with E-state index in [2.05, 4.69) is 9.88 Å². The number of piperidine rings is 1. The molecule has 0 saturated carbocycles. The van der Waals surface area contributed by atoms with Crippen molar-refractivity contribution in [1.82, 2.24) is 14.8 Å². The van der Waals surface area contributed by atoms with Gasteiger partial charge >= 0.3 is 6.09 Å². The summed E-state index contributed by atoms with van der Waals surface area (Å²) in [5.74, 6) is -0.343. The van der Waals surface area contributed by atoms with E-state index >= 15 is 0 Å². The average Bonchev–Trinajstić information content (AvgIpc) is 3.40. The largest absolute Gasteiger partial charge is 0.415 e. The molecule has 2 saturated heterocycles. The summed E-state index contributed by atoms with van der Waals surface area (Å²) in [6.07, 6.45) is 2.33. The SMILES string of the molecule is O=C(C1CCN(c2ccc(Cl)cn2)CC1)N1C[C@@H]2[C@@H](C1)c1cc(Cl)c(F)cc1CN2C(=O)Oc1ccc(F)cc1. The maximum Gasteiger partial charge on any atom is 0.415 e. The van der Waals surface area contributed by atoms with Crippen molar-refractivity contribution in [2.75, 3.05) is 31.1 Å². The van der Waals surface area contributed by atoms with Crippen molar-refractivity contribution in [3.63, 3.8) is 0 Å². The van der Waals surface area contributed by atoms with Crippen LogP contribution in [0.3, 0.4) is 0 Å². The molecule has 4 heterocycles. The second-order valence-electron chi connectivity index (χ2n) is 10.4. The number of halogens is 4. The van der Waals surface area contributed by atoms with Crippen LogP contribution in [-0.4, -0.2) is 59.0 Å². The first-order valence-corrected chi connectivity index (χ1v) is 13.9. The van der Waals surface area contributed by atoms with E-state index in [4.69, 9.17) is 27.9 Å². The Bertz CT molecular complexity index is 1430. The number of rotatable bonds is 3. The Morgan fingerprint density at radius 2 is 1.73 bits per heavy atom. The summed E-state index contributed by atoms with van der Waals surface area (Å²) in [6.45, 7) is 2.21. The van der Waals surface area contributed by atoms with Crippen molar-refractivity contribution in [1.29, 1.82) is 0 Å². The lowest BCUT2D eigenvalue weighted by atomic mass is 9.85. The minimum Gasteiger partial charge on any atom is -0.410 e. The molecule has 3 aliphatic heterocycles. The first-order chi connectivity index (χ1) is 19.3. The molecule has 0 unspecified atom stereocenters. The van der Waals surface area contributed by atoms with Crippen LogP contribution in [-0.2, 0) is 11.3 Å². The minimum atomic E-state index is -0.638. The van der Waals surface area contributed by atoms with Gasteiger partial charge in [0, 0.05) is 50.8 Å². The van der Waals surface area contributed by atoms with E-state index < -0.39 is 17.7 Å². The molecule has 40 heavy (non-hydrogen) atoms. The molecule has 0 N–H and O–H groups in total. The first kappa shape index (κ1) is 26.8. The van der Waals surface area contributed by atoms with Gasteiger partial charge in [0.15, 0.2) is 0 Å². The summed E-state index contributed by atoms with van der Waals surface area (Å²) in [5.41, 5.74) is 1.46. The van der Waals surface area contributed by atoms with Gasteiger partial charge in [-0.15, -0.1) is 0 Å². The van der Waals surface area contributed by atoms with Crippen molar-refractivity contribution >= 4 is 41.0 Å². The van der Waals surface area contributed by atoms with E-state index in [1.165, 1.54) is 35.2 Å². The zero-order valence-electron chi connectivity index (χ0n) is 21.4. The molecule has 2 amide bonds. The maximum absolute atomic E-state index is 14.4. The van der Waals surface area contributed by atoms with Gasteiger partial charge in [0.1, 0.15) is 23.2 Å². The summed E-state index contributed by atoms with van der Waals surface area (Å²) < 4.78 is 33.3. The molecule has 11 heteroatoms. The van der Waals surface area contributed by atoms with Crippen molar-refractivity contribution in [2.45, 2.75) is 31.3 Å². The molecule has 0 aliphatic carbocycles. The number of hydrogen-bond donors (Lipinski definition) is 0. The first-order valence-electron chi connectivity index (χ1n) is 13.1. The second-order valence-corrected chi connectivity index (χ2v) is 11.3. The molecule has 0 radical (unpaired) electrons. The van der Waals surface area contributed by atoms with E-state index in [9.17, 15) is 18.4 Å². The molecule has 0 bridgehead atoms. The number of fused-ring (bicyclic) bond motifs is 3. The molecule has 7 nitrogen and oxygen atoms in total. The molecule has 2 fully saturated rings. The van der Waals surface area contributed by atoms with Crippen LogP contribution in [0.15, 0.2) is 54.7 Å². The number of amides is 2. The monoisotopic (exact) mass is 586 g/mol. The van der Waals surface area contributed by atoms with E-state index in [0.29, 0.717) is 49.6 Å². The van der Waals surface area contributed by atoms with E-state index in [-0.39, 0.29) is 41.1 Å². The Morgan fingerprint density at radius 1 is 0.975 bits per heavy atom. The van der Waals surface area contributed by atoms with E-state index in [1.807, 2.05) is 6.07 Å². The number of carbonyl (C=O) groups excluding carboxylic acids is 2. The van der Waals surface area contributed by atoms with Crippen LogP contribution in [0, 0.1) is 17.6 Å². The van der Waals surface area contributed by atoms with E-state index in [1.54, 1.807) is 23.2 Å². The fraction of sp³-hybridized carbons (Fsp3) is 0.345. The quantitative estimate of drug-likeness (QED) is 0.383. The van der Waals surface area contributed by atoms with Gasteiger partial charge in [-0.05, 0) is 72.5 Å². The molecule has 1 aromatic heterocycles. The van der Waals surface area contributed by atoms with Gasteiger partial charge in [0.05, 0.1) is 16.1 Å². The highest BCUT2D eigenvalue weighted by Crippen LogP contribution is 2.41. The summed E-state index contributed by atoms with van der Waals surface area (Å²) in [5, 5.41) is 0.582. The number of aromatic nitrogens is 1. The predicted molar refractivity (Wildman–Crippen MR) is 147 cm³/mol. The zero-order chi connectivity index (χ0) is 28.0. The highest BCUT2D eigenvalue weighted by molar-refractivity contribution is 6.31. The number of ether oxygens (including phenoxy) is 1. The number of carbonyl (C=O) groups is 2. The van der Waals surface area contributed by atoms with Crippen molar-refractivity contribution in [3.8, 4) is 5.75 Å². The number of anilines is 1. The molecule has 2 atom stereocenters. The Kier molecular flexibility index (Phi) is 7.27. The van der Waals surface area contributed by atoms with Crippen LogP contribution in [0.5, 0.6) is 5.75 Å². The van der Waals surface area contributed by atoms with Crippen LogP contribution >= 0.6 is 23.2 Å². The van der Waals surface area contributed by atoms with Crippen molar-refractivity contribution < 1.29 is 23.1 Å². The molecule has 3 aliphatic rings. The maximum atomic E-state index is 14.4. The number of benzene rings is 2. The number of likely N-dealkylation sites (tertiary alicyclic amines) is 1. The third-order valence-corrected chi connectivity index (χ3v) is 8.57. The van der Waals surface area contributed by atoms with E-state index in [0.717, 1.165) is 11.4 Å². The van der Waals surface area contributed by atoms with Crippen LogP contribution in [0.4, 0.5) is 19.4 Å². The zero-order valence-corrected chi connectivity index (χ0v) is 22.9. The standard InChI is InChI=1S/C29H26Cl2F2N4O3/c30-19-1-6-27(34-13-19)35-9-7-17(8-10-35)28(38)36-15-23-22-12-24(31)25(33)11-18(22)14-37(26(23)16-36)29(39)40-21-4-2-20(32)3-5-21/h1-6,11-13,17,23,26H,7-10,14-16H2/t23-,26+/m0/s1. The number of nitrogens with zero attached hydrogens (tertiary/aromatic N) is 4. The van der Waals surface area contributed by atoms with Crippen molar-refractivity contribution in [2.24, 2.45) is 5.92 Å². The third kappa shape index (κ3) is 5.20. The number of hydrogen-bond acceptors (Lipinski definition) is 5. The fourth-order valence-electron chi connectivity index (χ4n) is 6.01. The Labute approximate surface area is 240 Å². The lowest BCUT2D eigenvalue weighted by Gasteiger charge is -2.37. The molecule has 0 spiro atoms. The number of pyridine rings is 1. The Morgan fingerprint density at radius 3 is 2.42 bits per heavy atom. The summed E-state index contributed by atoms with van der Waals surface area (Å²) in [6, 6.07) is 11.4. The van der Waals surface area contributed by atoms with Gasteiger partial charge in [-0.1, -0.05) is 23.2 Å². The van der Waals surface area contributed by atoms with Gasteiger partial charge in [-0.3, -0.25) is 9.69 Å². The van der Waals surface area contributed by atoms with Gasteiger partial charge < -0.3 is 14.5 Å². The van der Waals surface area contributed by atoms with Gasteiger partial charge in [-0.2, -0.15) is 0 Å². The molecular formula is C29H26Cl2F2N4O3. The topological polar surface area (TPSA) is 66.0 Å². The van der Waals surface area contributed by atoms with Crippen LogP contribution in [0.1, 0.15) is 29.9 Å². The lowest BCUT2D eigenvalue weighted by Crippen LogP contribution is -2.48.